The van der Waals surface area contributed by atoms with Crippen LogP contribution in [0.2, 0.25) is 5.15 Å². The van der Waals surface area contributed by atoms with Crippen LogP contribution >= 0.6 is 11.6 Å². The van der Waals surface area contributed by atoms with Crippen LogP contribution in [-0.2, 0) is 6.54 Å². The molecule has 0 fully saturated rings. The summed E-state index contributed by atoms with van der Waals surface area (Å²) < 4.78 is 40.3. The molecule has 142 valence electrons. The molecule has 0 aliphatic carbocycles. The van der Waals surface area contributed by atoms with E-state index in [1.54, 1.807) is 24.3 Å². The van der Waals surface area contributed by atoms with Crippen LogP contribution in [0.25, 0.3) is 21.9 Å². The number of rotatable bonds is 3. The van der Waals surface area contributed by atoms with E-state index in [0.717, 1.165) is 4.57 Å². The fraction of sp³-hybridized carbons (Fsp3) is 0.111. The molecule has 0 unspecified atom stereocenters. The molecule has 4 rings (SSSR count). The summed E-state index contributed by atoms with van der Waals surface area (Å²) in [5.41, 5.74) is 1.25. The van der Waals surface area contributed by atoms with E-state index in [9.17, 15) is 18.0 Å². The molecule has 6 nitrogen and oxygen atoms in total. The van der Waals surface area contributed by atoms with Gasteiger partial charge in [0.2, 0.25) is 0 Å². The molecule has 1 amide bonds. The van der Waals surface area contributed by atoms with E-state index in [1.807, 2.05) is 0 Å². The minimum atomic E-state index is -4.45. The van der Waals surface area contributed by atoms with Gasteiger partial charge < -0.3 is 9.88 Å². The topological polar surface area (TPSA) is 72.7 Å². The van der Waals surface area contributed by atoms with E-state index in [-0.39, 0.29) is 27.4 Å². The average molecular weight is 406 g/mol. The number of fused-ring (bicyclic) bond motifs is 3. The Hall–Kier alpha value is -3.20. The smallest absolute Gasteiger partial charge is 0.327 e. The molecule has 0 radical (unpaired) electrons. The maximum atomic E-state index is 13.1. The lowest BCUT2D eigenvalue weighted by Gasteiger charge is -2.11. The third-order valence-corrected chi connectivity index (χ3v) is 4.36. The molecule has 0 aliphatic heterocycles. The van der Waals surface area contributed by atoms with E-state index in [4.69, 9.17) is 11.6 Å². The van der Waals surface area contributed by atoms with E-state index in [0.29, 0.717) is 11.1 Å². The molecule has 1 aromatic carbocycles. The highest BCUT2D eigenvalue weighted by molar-refractivity contribution is 6.34. The van der Waals surface area contributed by atoms with Crippen molar-refractivity contribution >= 4 is 45.1 Å². The number of hydrogen-bond donors (Lipinski definition) is 1. The van der Waals surface area contributed by atoms with Crippen LogP contribution in [0.1, 0.15) is 10.5 Å². The molecule has 0 atom stereocenters. The van der Waals surface area contributed by atoms with Crippen molar-refractivity contribution in [3.63, 3.8) is 0 Å². The minimum Gasteiger partial charge on any atom is -0.327 e. The quantitative estimate of drug-likeness (QED) is 0.511. The van der Waals surface area contributed by atoms with Crippen LogP contribution < -0.4 is 5.32 Å². The van der Waals surface area contributed by atoms with Gasteiger partial charge >= 0.3 is 6.18 Å². The van der Waals surface area contributed by atoms with Gasteiger partial charge in [0, 0.05) is 17.3 Å². The van der Waals surface area contributed by atoms with Gasteiger partial charge in [0.25, 0.3) is 5.91 Å². The van der Waals surface area contributed by atoms with Gasteiger partial charge in [-0.3, -0.25) is 9.78 Å². The Morgan fingerprint density at radius 3 is 2.68 bits per heavy atom. The highest BCUT2D eigenvalue weighted by atomic mass is 35.5. The predicted molar refractivity (Wildman–Crippen MR) is 98.3 cm³/mol. The summed E-state index contributed by atoms with van der Waals surface area (Å²) in [6, 6.07) is 9.45. The lowest BCUT2D eigenvalue weighted by molar-refractivity contribution is -0.139. The first-order valence-electron chi connectivity index (χ1n) is 8.05. The third kappa shape index (κ3) is 3.36. The number of halogens is 4. The second-order valence-electron chi connectivity index (χ2n) is 5.96. The fourth-order valence-electron chi connectivity index (χ4n) is 2.99. The molecule has 28 heavy (non-hydrogen) atoms. The SMILES string of the molecule is O=C(Nc1ccc2c(c1)c1ncnc(Cl)c1n2CC(F)(F)F)c1ccccn1. The number of hydrogen-bond acceptors (Lipinski definition) is 4. The molecule has 3 aromatic heterocycles. The molecular weight excluding hydrogens is 395 g/mol. The Morgan fingerprint density at radius 1 is 1.14 bits per heavy atom. The number of anilines is 1. The number of pyridine rings is 1. The van der Waals surface area contributed by atoms with Gasteiger partial charge in [-0.1, -0.05) is 17.7 Å². The van der Waals surface area contributed by atoms with Crippen molar-refractivity contribution in [1.29, 1.82) is 0 Å². The first-order chi connectivity index (χ1) is 13.3. The highest BCUT2D eigenvalue weighted by Gasteiger charge is 2.30. The van der Waals surface area contributed by atoms with Crippen molar-refractivity contribution in [3.05, 3.63) is 59.8 Å². The number of carbonyl (C=O) groups excluding carboxylic acids is 1. The van der Waals surface area contributed by atoms with Crippen molar-refractivity contribution in [3.8, 4) is 0 Å². The number of alkyl halides is 3. The second kappa shape index (κ2) is 6.75. The molecular formula is C18H11ClF3N5O. The predicted octanol–water partition coefficient (Wildman–Crippen LogP) is 4.45. The first kappa shape index (κ1) is 18.2. The lowest BCUT2D eigenvalue weighted by Crippen LogP contribution is -2.17. The first-order valence-corrected chi connectivity index (χ1v) is 8.43. The summed E-state index contributed by atoms with van der Waals surface area (Å²) in [7, 11) is 0. The Balaban J connectivity index is 1.83. The molecule has 0 bridgehead atoms. The molecule has 10 heteroatoms. The molecule has 0 saturated heterocycles. The summed E-state index contributed by atoms with van der Waals surface area (Å²) in [4.78, 5) is 24.1. The number of benzene rings is 1. The summed E-state index contributed by atoms with van der Waals surface area (Å²) in [5.74, 6) is -0.438. The zero-order valence-corrected chi connectivity index (χ0v) is 14.8. The monoisotopic (exact) mass is 405 g/mol. The van der Waals surface area contributed by atoms with Crippen LogP contribution in [0.4, 0.5) is 18.9 Å². The number of carbonyl (C=O) groups is 1. The molecule has 0 aliphatic rings. The molecule has 0 saturated carbocycles. The summed E-state index contributed by atoms with van der Waals surface area (Å²) in [6.07, 6.45) is -1.78. The standard InChI is InChI=1S/C18H11ClF3N5O/c19-16-15-14(24-9-25-16)11-7-10(26-17(28)12-3-1-2-6-23-12)4-5-13(11)27(15)8-18(20,21)22/h1-7,9H,8H2,(H,26,28). The molecule has 0 spiro atoms. The summed E-state index contributed by atoms with van der Waals surface area (Å²) in [5, 5.41) is 3.02. The van der Waals surface area contributed by atoms with Crippen LogP contribution in [0.15, 0.2) is 48.9 Å². The number of aromatic nitrogens is 4. The Kier molecular flexibility index (Phi) is 4.38. The van der Waals surface area contributed by atoms with Gasteiger partial charge in [0.05, 0.1) is 5.52 Å². The molecule has 4 aromatic rings. The summed E-state index contributed by atoms with van der Waals surface area (Å²) >= 11 is 6.05. The maximum Gasteiger partial charge on any atom is 0.406 e. The maximum absolute atomic E-state index is 13.1. The van der Waals surface area contributed by atoms with Gasteiger partial charge in [-0.15, -0.1) is 0 Å². The Bertz CT molecular complexity index is 1190. The second-order valence-corrected chi connectivity index (χ2v) is 6.32. The molecule has 3 heterocycles. The number of nitrogens with one attached hydrogen (secondary N) is 1. The van der Waals surface area contributed by atoms with Gasteiger partial charge in [-0.2, -0.15) is 13.2 Å². The number of nitrogens with zero attached hydrogens (tertiary/aromatic N) is 4. The third-order valence-electron chi connectivity index (χ3n) is 4.08. The van der Waals surface area contributed by atoms with Gasteiger partial charge in [0.15, 0.2) is 5.15 Å². The fourth-order valence-corrected chi connectivity index (χ4v) is 3.22. The van der Waals surface area contributed by atoms with Crippen LogP contribution in [0, 0.1) is 0 Å². The van der Waals surface area contributed by atoms with E-state index < -0.39 is 18.6 Å². The Labute approximate surface area is 161 Å². The lowest BCUT2D eigenvalue weighted by atomic mass is 10.2. The van der Waals surface area contributed by atoms with Crippen molar-refractivity contribution in [2.45, 2.75) is 12.7 Å². The van der Waals surface area contributed by atoms with Crippen molar-refractivity contribution in [2.75, 3.05) is 5.32 Å². The van der Waals surface area contributed by atoms with Crippen LogP contribution in [0.3, 0.4) is 0 Å². The molecule has 1 N–H and O–H groups in total. The normalized spacial score (nSPS) is 11.9. The van der Waals surface area contributed by atoms with Crippen molar-refractivity contribution in [2.24, 2.45) is 0 Å². The minimum absolute atomic E-state index is 0.0791. The van der Waals surface area contributed by atoms with Crippen molar-refractivity contribution < 1.29 is 18.0 Å². The average Bonchev–Trinajstić information content (AvgIpc) is 2.95. The zero-order chi connectivity index (χ0) is 19.9. The van der Waals surface area contributed by atoms with Crippen LogP contribution in [0.5, 0.6) is 0 Å². The van der Waals surface area contributed by atoms with Crippen molar-refractivity contribution in [1.82, 2.24) is 19.5 Å². The number of amides is 1. The Morgan fingerprint density at radius 2 is 1.96 bits per heavy atom. The van der Waals surface area contributed by atoms with Gasteiger partial charge in [-0.25, -0.2) is 9.97 Å². The van der Waals surface area contributed by atoms with E-state index in [2.05, 4.69) is 20.3 Å². The zero-order valence-electron chi connectivity index (χ0n) is 14.0. The largest absolute Gasteiger partial charge is 0.406 e. The van der Waals surface area contributed by atoms with Gasteiger partial charge in [-0.05, 0) is 30.3 Å². The van der Waals surface area contributed by atoms with E-state index >= 15 is 0 Å². The van der Waals surface area contributed by atoms with Gasteiger partial charge in [0.1, 0.15) is 29.6 Å². The van der Waals surface area contributed by atoms with Crippen LogP contribution in [-0.4, -0.2) is 31.6 Å². The highest BCUT2D eigenvalue weighted by Crippen LogP contribution is 2.34. The summed E-state index contributed by atoms with van der Waals surface area (Å²) in [6.45, 7) is -1.24. The van der Waals surface area contributed by atoms with E-state index in [1.165, 1.54) is 24.7 Å².